The van der Waals surface area contributed by atoms with E-state index in [1.165, 1.54) is 12.1 Å². The van der Waals surface area contributed by atoms with Gasteiger partial charge in [-0.2, -0.15) is 0 Å². The highest BCUT2D eigenvalue weighted by molar-refractivity contribution is 5.77. The van der Waals surface area contributed by atoms with Crippen molar-refractivity contribution in [2.75, 3.05) is 0 Å². The number of phenolic OH excluding ortho intramolecular Hbond substituents is 1. The molecule has 0 bridgehead atoms. The Morgan fingerprint density at radius 2 is 1.59 bits per heavy atom. The molecule has 1 N–H and O–H groups in total. The number of hydrogen-bond donors (Lipinski definition) is 1. The van der Waals surface area contributed by atoms with Crippen molar-refractivity contribution >= 4 is 10.9 Å². The van der Waals surface area contributed by atoms with Gasteiger partial charge in [-0.15, -0.1) is 0 Å². The average Bonchev–Trinajstić information content (AvgIpc) is 2.74. The standard InChI is InChI=1S/C24H21FN2O2/c25-19-12-9-17(10-13-19)15-16-27-23(14-11-18-5-1-4-8-22(18)28)26-21-7-3-2-6-20(21)24(27)29/h1-10,12-13,28H,11,14-16H2. The molecule has 0 fully saturated rings. The summed E-state index contributed by atoms with van der Waals surface area (Å²) >= 11 is 0. The smallest absolute Gasteiger partial charge is 0.261 e. The third kappa shape index (κ3) is 4.19. The lowest BCUT2D eigenvalue weighted by molar-refractivity contribution is 0.467. The second kappa shape index (κ2) is 8.27. The molecule has 0 unspecified atom stereocenters. The lowest BCUT2D eigenvalue weighted by atomic mass is 10.1. The Balaban J connectivity index is 1.67. The lowest BCUT2D eigenvalue weighted by Gasteiger charge is -2.14. The van der Waals surface area contributed by atoms with Gasteiger partial charge in [0.15, 0.2) is 0 Å². The summed E-state index contributed by atoms with van der Waals surface area (Å²) in [5, 5.41) is 10.6. The molecular formula is C24H21FN2O2. The van der Waals surface area contributed by atoms with Crippen LogP contribution in [0, 0.1) is 5.82 Å². The number of para-hydroxylation sites is 2. The van der Waals surface area contributed by atoms with E-state index < -0.39 is 0 Å². The second-order valence-corrected chi connectivity index (χ2v) is 7.01. The van der Waals surface area contributed by atoms with E-state index in [1.807, 2.05) is 30.3 Å². The molecule has 4 rings (SSSR count). The minimum absolute atomic E-state index is 0.0787. The van der Waals surface area contributed by atoms with E-state index in [-0.39, 0.29) is 17.1 Å². The molecule has 4 aromatic rings. The van der Waals surface area contributed by atoms with Crippen LogP contribution in [0.25, 0.3) is 10.9 Å². The monoisotopic (exact) mass is 388 g/mol. The van der Waals surface area contributed by atoms with Crippen LogP contribution in [-0.4, -0.2) is 14.7 Å². The van der Waals surface area contributed by atoms with Gasteiger partial charge < -0.3 is 5.11 Å². The van der Waals surface area contributed by atoms with E-state index in [0.717, 1.165) is 11.1 Å². The summed E-state index contributed by atoms with van der Waals surface area (Å²) in [7, 11) is 0. The van der Waals surface area contributed by atoms with Crippen LogP contribution in [0.2, 0.25) is 0 Å². The summed E-state index contributed by atoms with van der Waals surface area (Å²) in [4.78, 5) is 17.8. The number of aromatic hydroxyl groups is 1. The number of phenols is 1. The van der Waals surface area contributed by atoms with Crippen LogP contribution in [0.4, 0.5) is 4.39 Å². The highest BCUT2D eigenvalue weighted by Crippen LogP contribution is 2.18. The van der Waals surface area contributed by atoms with E-state index in [0.29, 0.717) is 42.5 Å². The Morgan fingerprint density at radius 3 is 2.38 bits per heavy atom. The fourth-order valence-corrected chi connectivity index (χ4v) is 3.50. The number of benzene rings is 3. The number of hydrogen-bond acceptors (Lipinski definition) is 3. The highest BCUT2D eigenvalue weighted by Gasteiger charge is 2.12. The van der Waals surface area contributed by atoms with Gasteiger partial charge in [-0.3, -0.25) is 9.36 Å². The first-order valence-corrected chi connectivity index (χ1v) is 9.61. The maximum Gasteiger partial charge on any atom is 0.261 e. The third-order valence-electron chi connectivity index (χ3n) is 5.09. The van der Waals surface area contributed by atoms with Crippen LogP contribution in [0.15, 0.2) is 77.6 Å². The van der Waals surface area contributed by atoms with Gasteiger partial charge in [0.1, 0.15) is 17.4 Å². The minimum Gasteiger partial charge on any atom is -0.508 e. The van der Waals surface area contributed by atoms with Gasteiger partial charge in [-0.1, -0.05) is 42.5 Å². The Kier molecular flexibility index (Phi) is 5.38. The molecule has 1 aromatic heterocycles. The van der Waals surface area contributed by atoms with Crippen molar-refractivity contribution in [3.8, 4) is 5.75 Å². The van der Waals surface area contributed by atoms with E-state index in [2.05, 4.69) is 0 Å². The lowest BCUT2D eigenvalue weighted by Crippen LogP contribution is -2.26. The minimum atomic E-state index is -0.276. The molecule has 0 spiro atoms. The number of rotatable bonds is 6. The average molecular weight is 388 g/mol. The van der Waals surface area contributed by atoms with E-state index in [9.17, 15) is 14.3 Å². The van der Waals surface area contributed by atoms with Crippen LogP contribution in [-0.2, 0) is 25.8 Å². The topological polar surface area (TPSA) is 55.1 Å². The maximum absolute atomic E-state index is 13.2. The van der Waals surface area contributed by atoms with E-state index in [1.54, 1.807) is 34.9 Å². The number of aromatic nitrogens is 2. The van der Waals surface area contributed by atoms with Gasteiger partial charge in [0.25, 0.3) is 5.56 Å². The summed E-state index contributed by atoms with van der Waals surface area (Å²) in [6, 6.07) is 20.8. The van der Waals surface area contributed by atoms with E-state index >= 15 is 0 Å². The van der Waals surface area contributed by atoms with Gasteiger partial charge in [0, 0.05) is 13.0 Å². The zero-order valence-electron chi connectivity index (χ0n) is 15.9. The molecule has 1 heterocycles. The summed E-state index contributed by atoms with van der Waals surface area (Å²) < 4.78 is 14.9. The molecule has 0 aliphatic rings. The maximum atomic E-state index is 13.2. The van der Waals surface area contributed by atoms with Crippen LogP contribution in [0.1, 0.15) is 17.0 Å². The number of aryl methyl sites for hydroxylation is 3. The quantitative estimate of drug-likeness (QED) is 0.537. The summed E-state index contributed by atoms with van der Waals surface area (Å²) in [5.41, 5.74) is 2.37. The predicted octanol–water partition coefficient (Wildman–Crippen LogP) is 4.27. The summed E-state index contributed by atoms with van der Waals surface area (Å²) in [6.07, 6.45) is 1.71. The first-order valence-electron chi connectivity index (χ1n) is 9.61. The molecule has 0 aliphatic heterocycles. The third-order valence-corrected chi connectivity index (χ3v) is 5.09. The van der Waals surface area contributed by atoms with Crippen LogP contribution in [0.5, 0.6) is 5.75 Å². The molecule has 0 saturated heterocycles. The second-order valence-electron chi connectivity index (χ2n) is 7.01. The zero-order valence-corrected chi connectivity index (χ0v) is 15.9. The number of nitrogens with zero attached hydrogens (tertiary/aromatic N) is 2. The van der Waals surface area contributed by atoms with Crippen molar-refractivity contribution in [2.24, 2.45) is 0 Å². The molecule has 0 aliphatic carbocycles. The van der Waals surface area contributed by atoms with Crippen molar-refractivity contribution in [1.29, 1.82) is 0 Å². The van der Waals surface area contributed by atoms with Gasteiger partial charge in [-0.05, 0) is 54.3 Å². The number of halogens is 1. The van der Waals surface area contributed by atoms with Crippen molar-refractivity contribution < 1.29 is 9.50 Å². The Hall–Kier alpha value is -3.47. The molecule has 29 heavy (non-hydrogen) atoms. The molecule has 0 radical (unpaired) electrons. The molecule has 0 atom stereocenters. The molecule has 0 amide bonds. The van der Waals surface area contributed by atoms with E-state index in [4.69, 9.17) is 4.98 Å². The fraction of sp³-hybridized carbons (Fsp3) is 0.167. The molecule has 0 saturated carbocycles. The van der Waals surface area contributed by atoms with Crippen LogP contribution < -0.4 is 5.56 Å². The first-order chi connectivity index (χ1) is 14.1. The summed E-state index contributed by atoms with van der Waals surface area (Å²) in [5.74, 6) is 0.647. The fourth-order valence-electron chi connectivity index (χ4n) is 3.50. The Labute approximate surface area is 167 Å². The van der Waals surface area contributed by atoms with Gasteiger partial charge in [0.2, 0.25) is 0 Å². The van der Waals surface area contributed by atoms with Gasteiger partial charge in [0.05, 0.1) is 10.9 Å². The zero-order chi connectivity index (χ0) is 20.2. The SMILES string of the molecule is O=c1c2ccccc2nc(CCc2ccccc2O)n1CCc1ccc(F)cc1. The van der Waals surface area contributed by atoms with Crippen molar-refractivity contribution in [1.82, 2.24) is 9.55 Å². The highest BCUT2D eigenvalue weighted by atomic mass is 19.1. The van der Waals surface area contributed by atoms with Gasteiger partial charge >= 0.3 is 0 Å². The Morgan fingerprint density at radius 1 is 0.862 bits per heavy atom. The molecule has 5 heteroatoms. The van der Waals surface area contributed by atoms with Crippen LogP contribution >= 0.6 is 0 Å². The normalized spacial score (nSPS) is 11.1. The molecule has 3 aromatic carbocycles. The van der Waals surface area contributed by atoms with Gasteiger partial charge in [-0.25, -0.2) is 9.37 Å². The predicted molar refractivity (Wildman–Crippen MR) is 112 cm³/mol. The Bertz CT molecular complexity index is 1200. The molecule has 4 nitrogen and oxygen atoms in total. The van der Waals surface area contributed by atoms with Crippen molar-refractivity contribution in [3.63, 3.8) is 0 Å². The van der Waals surface area contributed by atoms with Crippen molar-refractivity contribution in [2.45, 2.75) is 25.8 Å². The molecular weight excluding hydrogens is 367 g/mol. The molecule has 146 valence electrons. The number of fused-ring (bicyclic) bond motifs is 1. The first kappa shape index (κ1) is 18.9. The summed E-state index contributed by atoms with van der Waals surface area (Å²) in [6.45, 7) is 0.457. The largest absolute Gasteiger partial charge is 0.508 e. The van der Waals surface area contributed by atoms with Crippen LogP contribution in [0.3, 0.4) is 0 Å². The van der Waals surface area contributed by atoms with Crippen molar-refractivity contribution in [3.05, 3.63) is 106 Å².